The summed E-state index contributed by atoms with van der Waals surface area (Å²) in [6, 6.07) is 5.45. The summed E-state index contributed by atoms with van der Waals surface area (Å²) in [7, 11) is 3.13. The Morgan fingerprint density at radius 3 is 2.52 bits per heavy atom. The third kappa shape index (κ3) is 3.53. The fraction of sp³-hybridized carbons (Fsp3) is 0.238. The van der Waals surface area contributed by atoms with Gasteiger partial charge in [0.2, 0.25) is 5.17 Å². The molecule has 1 amide bonds. The zero-order valence-electron chi connectivity index (χ0n) is 17.6. The average Bonchev–Trinajstić information content (AvgIpc) is 3.23. The van der Waals surface area contributed by atoms with E-state index in [4.69, 9.17) is 26.5 Å². The van der Waals surface area contributed by atoms with E-state index in [9.17, 15) is 4.79 Å². The minimum Gasteiger partial charge on any atom is -0.495 e. The summed E-state index contributed by atoms with van der Waals surface area (Å²) in [6.07, 6.45) is 1.68. The lowest BCUT2D eigenvalue weighted by Gasteiger charge is -2.20. The normalized spacial score (nSPS) is 17.1. The van der Waals surface area contributed by atoms with Crippen LogP contribution in [0.3, 0.4) is 0 Å². The van der Waals surface area contributed by atoms with Crippen LogP contribution in [0.15, 0.2) is 33.9 Å². The highest BCUT2D eigenvalue weighted by atomic mass is 35.5. The van der Waals surface area contributed by atoms with E-state index >= 15 is 0 Å². The minimum absolute atomic E-state index is 0.00854. The summed E-state index contributed by atoms with van der Waals surface area (Å²) in [5.74, 6) is 0.663. The number of nitrogens with one attached hydrogen (secondary N) is 1. The van der Waals surface area contributed by atoms with Gasteiger partial charge in [0.25, 0.3) is 5.91 Å². The largest absolute Gasteiger partial charge is 0.495 e. The van der Waals surface area contributed by atoms with E-state index in [0.29, 0.717) is 21.7 Å². The number of halogens is 1. The maximum Gasteiger partial charge on any atom is 0.283 e. The number of rotatable bonds is 4. The second-order valence-electron chi connectivity index (χ2n) is 6.96. The van der Waals surface area contributed by atoms with Crippen molar-refractivity contribution in [3.63, 3.8) is 0 Å². The van der Waals surface area contributed by atoms with Crippen molar-refractivity contribution in [2.24, 2.45) is 10.1 Å². The van der Waals surface area contributed by atoms with E-state index in [1.165, 1.54) is 16.8 Å². The van der Waals surface area contributed by atoms with Crippen molar-refractivity contribution in [3.05, 3.63) is 45.7 Å². The van der Waals surface area contributed by atoms with Crippen molar-refractivity contribution in [1.29, 1.82) is 5.41 Å². The monoisotopic (exact) mass is 457 g/mol. The van der Waals surface area contributed by atoms with Gasteiger partial charge in [0.1, 0.15) is 11.5 Å². The topological polar surface area (TPSA) is 92.3 Å². The first-order chi connectivity index (χ1) is 14.7. The van der Waals surface area contributed by atoms with Crippen LogP contribution in [0.5, 0.6) is 11.5 Å². The van der Waals surface area contributed by atoms with Gasteiger partial charge in [0.15, 0.2) is 5.84 Å². The highest BCUT2D eigenvalue weighted by molar-refractivity contribution is 8.26. The van der Waals surface area contributed by atoms with E-state index in [1.54, 1.807) is 32.4 Å². The molecule has 0 fully saturated rings. The van der Waals surface area contributed by atoms with Crippen molar-refractivity contribution < 1.29 is 14.3 Å². The predicted molar refractivity (Wildman–Crippen MR) is 124 cm³/mol. The molecule has 160 valence electrons. The number of aromatic nitrogens is 1. The molecule has 2 aromatic rings. The van der Waals surface area contributed by atoms with Gasteiger partial charge >= 0.3 is 0 Å². The lowest BCUT2D eigenvalue weighted by atomic mass is 10.1. The van der Waals surface area contributed by atoms with Crippen molar-refractivity contribution in [2.45, 2.75) is 20.8 Å². The Kier molecular flexibility index (Phi) is 5.40. The summed E-state index contributed by atoms with van der Waals surface area (Å²) < 4.78 is 12.8. The molecular weight excluding hydrogens is 438 g/mol. The molecule has 0 atom stereocenters. The molecule has 1 aromatic heterocycles. The molecule has 0 spiro atoms. The fourth-order valence-corrected chi connectivity index (χ4v) is 4.54. The third-order valence-corrected chi connectivity index (χ3v) is 6.14. The van der Waals surface area contributed by atoms with Crippen LogP contribution < -0.4 is 9.47 Å². The number of thioether (sulfide) groups is 1. The molecule has 8 nitrogen and oxygen atoms in total. The second kappa shape index (κ2) is 7.90. The van der Waals surface area contributed by atoms with Gasteiger partial charge in [-0.15, -0.1) is 0 Å². The number of aryl methyl sites for hydroxylation is 1. The van der Waals surface area contributed by atoms with Crippen LogP contribution in [-0.4, -0.2) is 45.7 Å². The summed E-state index contributed by atoms with van der Waals surface area (Å²) in [5.41, 5.74) is 3.48. The summed E-state index contributed by atoms with van der Waals surface area (Å²) >= 11 is 7.64. The zero-order chi connectivity index (χ0) is 22.4. The Labute approximate surface area is 188 Å². The first-order valence-electron chi connectivity index (χ1n) is 9.32. The van der Waals surface area contributed by atoms with E-state index in [0.717, 1.165) is 27.7 Å². The van der Waals surface area contributed by atoms with Gasteiger partial charge in [0.05, 0.1) is 35.5 Å². The molecule has 0 saturated carbocycles. The van der Waals surface area contributed by atoms with E-state index in [2.05, 4.69) is 10.1 Å². The maximum atomic E-state index is 12.6. The number of carbonyl (C=O) groups is 1. The van der Waals surface area contributed by atoms with Gasteiger partial charge in [-0.05, 0) is 56.3 Å². The van der Waals surface area contributed by atoms with E-state index in [-0.39, 0.29) is 11.4 Å². The summed E-state index contributed by atoms with van der Waals surface area (Å²) in [4.78, 5) is 16.7. The van der Waals surface area contributed by atoms with Crippen LogP contribution in [0, 0.1) is 19.3 Å². The van der Waals surface area contributed by atoms with Gasteiger partial charge in [-0.1, -0.05) is 11.6 Å². The van der Waals surface area contributed by atoms with Crippen LogP contribution in [0.25, 0.3) is 11.8 Å². The average molecular weight is 458 g/mol. The summed E-state index contributed by atoms with van der Waals surface area (Å²) in [5, 5.41) is 15.7. The smallest absolute Gasteiger partial charge is 0.283 e. The third-order valence-electron chi connectivity index (χ3n) is 5.02. The highest BCUT2D eigenvalue weighted by Gasteiger charge is 2.34. The molecule has 1 aromatic carbocycles. The number of hydrazone groups is 1. The Hall–Kier alpha value is -3.04. The van der Waals surface area contributed by atoms with Gasteiger partial charge in [-0.3, -0.25) is 10.2 Å². The second-order valence-corrected chi connectivity index (χ2v) is 8.53. The lowest BCUT2D eigenvalue weighted by molar-refractivity contribution is -0.114. The molecule has 10 heteroatoms. The van der Waals surface area contributed by atoms with E-state index < -0.39 is 5.91 Å². The Bertz CT molecular complexity index is 1230. The number of carbonyl (C=O) groups excluding carboxylic acids is 1. The first-order valence-corrected chi connectivity index (χ1v) is 10.5. The number of amides is 1. The molecule has 0 saturated heterocycles. The van der Waals surface area contributed by atoms with Gasteiger partial charge < -0.3 is 14.0 Å². The number of methoxy groups -OCH3 is 2. The van der Waals surface area contributed by atoms with Crippen molar-refractivity contribution in [3.8, 4) is 17.2 Å². The molecular formula is C21H20ClN5O3S. The first kappa shape index (κ1) is 21.2. The molecule has 1 N–H and O–H groups in total. The molecule has 0 unspecified atom stereocenters. The number of benzene rings is 1. The fourth-order valence-electron chi connectivity index (χ4n) is 3.57. The quantitative estimate of drug-likeness (QED) is 0.687. The zero-order valence-corrected chi connectivity index (χ0v) is 19.2. The number of hydrogen-bond donors (Lipinski definition) is 1. The van der Waals surface area contributed by atoms with E-state index in [1.807, 2.05) is 31.4 Å². The van der Waals surface area contributed by atoms with Crippen LogP contribution >= 0.6 is 23.4 Å². The number of hydrogen-bond acceptors (Lipinski definition) is 6. The van der Waals surface area contributed by atoms with Crippen molar-refractivity contribution in [1.82, 2.24) is 9.58 Å². The molecule has 3 heterocycles. The summed E-state index contributed by atoms with van der Waals surface area (Å²) in [6.45, 7) is 5.69. The maximum absolute atomic E-state index is 12.6. The Morgan fingerprint density at radius 1 is 1.13 bits per heavy atom. The Morgan fingerprint density at radius 2 is 1.84 bits per heavy atom. The molecule has 2 aliphatic heterocycles. The van der Waals surface area contributed by atoms with Crippen molar-refractivity contribution in [2.75, 3.05) is 14.2 Å². The number of fused-ring (bicyclic) bond motifs is 1. The van der Waals surface area contributed by atoms with Gasteiger partial charge in [-0.25, -0.2) is 0 Å². The molecule has 4 rings (SSSR count). The number of nitrogens with zero attached hydrogens (tertiary/aromatic N) is 4. The van der Waals surface area contributed by atoms with Crippen LogP contribution in [0.4, 0.5) is 0 Å². The Balaban J connectivity index is 1.81. The van der Waals surface area contributed by atoms with Gasteiger partial charge in [-0.2, -0.15) is 15.1 Å². The lowest BCUT2D eigenvalue weighted by Crippen LogP contribution is -2.35. The number of aliphatic imine (C=N–C) groups is 1. The number of ether oxygens (including phenoxy) is 2. The van der Waals surface area contributed by atoms with Crippen LogP contribution in [0.1, 0.15) is 23.9 Å². The predicted octanol–water partition coefficient (Wildman–Crippen LogP) is 4.40. The molecule has 0 aliphatic carbocycles. The van der Waals surface area contributed by atoms with Gasteiger partial charge in [0, 0.05) is 17.5 Å². The highest BCUT2D eigenvalue weighted by Crippen LogP contribution is 2.37. The molecule has 0 radical (unpaired) electrons. The molecule has 0 bridgehead atoms. The van der Waals surface area contributed by atoms with Crippen LogP contribution in [0.2, 0.25) is 5.02 Å². The minimum atomic E-state index is -0.455. The molecule has 31 heavy (non-hydrogen) atoms. The standard InChI is InChI=1S/C21H20ClN5O3S/c1-10-6-13(7-14-19(23)27-21(24-20(14)28)31-12(3)25-27)11(2)26(10)16-8-15(22)17(29-4)9-18(16)30-5/h6-9,23H,1-5H3/b14-7-,23-19?. The number of amidine groups is 2. The molecule has 2 aliphatic rings. The van der Waals surface area contributed by atoms with Crippen molar-refractivity contribution >= 4 is 51.4 Å². The van der Waals surface area contributed by atoms with Crippen LogP contribution in [-0.2, 0) is 4.79 Å². The SMILES string of the molecule is COc1cc(OC)c(-n2c(C)cc(/C=C3/C(=N)N4N=C(C)SC4=NC3=O)c2C)cc1Cl.